The number of methoxy groups -OCH3 is 1. The molecule has 0 radical (unpaired) electrons. The summed E-state index contributed by atoms with van der Waals surface area (Å²) in [5.41, 5.74) is 1.51. The summed E-state index contributed by atoms with van der Waals surface area (Å²) < 4.78 is 29.2. The van der Waals surface area contributed by atoms with E-state index in [4.69, 9.17) is 4.74 Å². The van der Waals surface area contributed by atoms with Gasteiger partial charge in [0.15, 0.2) is 9.84 Å². The van der Waals surface area contributed by atoms with E-state index in [2.05, 4.69) is 24.1 Å². The normalized spacial score (nSPS) is 18.3. The number of hydrogen-bond donors (Lipinski definition) is 0. The lowest BCUT2D eigenvalue weighted by atomic mass is 10.0. The predicted octanol–water partition coefficient (Wildman–Crippen LogP) is 2.23. The standard InChI is InChI=1S/C20H24N2O4S/c1-21-11-12-22(14-17(21)15-7-5-4-6-8-15)20(23)16-9-10-18(26-2)19(13-16)27(3,24)25/h4-10,13,17H,11-12,14H2,1-3H3. The van der Waals surface area contributed by atoms with Crippen LogP contribution in [0, 0.1) is 0 Å². The number of carbonyl (C=O) groups excluding carboxylic acids is 1. The molecule has 7 heteroatoms. The van der Waals surface area contributed by atoms with Crippen molar-refractivity contribution in [3.63, 3.8) is 0 Å². The van der Waals surface area contributed by atoms with Crippen molar-refractivity contribution in [2.75, 3.05) is 40.0 Å². The zero-order chi connectivity index (χ0) is 19.6. The number of ether oxygens (including phenoxy) is 1. The number of carbonyl (C=O) groups is 1. The quantitative estimate of drug-likeness (QED) is 0.804. The van der Waals surface area contributed by atoms with Gasteiger partial charge in [-0.05, 0) is 30.8 Å². The molecule has 0 aromatic heterocycles. The van der Waals surface area contributed by atoms with Crippen molar-refractivity contribution in [3.05, 3.63) is 59.7 Å². The van der Waals surface area contributed by atoms with Crippen LogP contribution in [-0.4, -0.2) is 64.2 Å². The van der Waals surface area contributed by atoms with Gasteiger partial charge in [0.2, 0.25) is 0 Å². The van der Waals surface area contributed by atoms with E-state index < -0.39 is 9.84 Å². The highest BCUT2D eigenvalue weighted by Crippen LogP contribution is 2.28. The van der Waals surface area contributed by atoms with Gasteiger partial charge in [0.05, 0.1) is 13.2 Å². The summed E-state index contributed by atoms with van der Waals surface area (Å²) >= 11 is 0. The molecule has 1 unspecified atom stereocenters. The van der Waals surface area contributed by atoms with Crippen LogP contribution in [0.2, 0.25) is 0 Å². The van der Waals surface area contributed by atoms with Crippen LogP contribution in [0.3, 0.4) is 0 Å². The van der Waals surface area contributed by atoms with E-state index >= 15 is 0 Å². The fourth-order valence-electron chi connectivity index (χ4n) is 3.38. The number of sulfone groups is 1. The monoisotopic (exact) mass is 388 g/mol. The number of benzene rings is 2. The molecule has 1 aliphatic heterocycles. The van der Waals surface area contributed by atoms with Gasteiger partial charge in [0.25, 0.3) is 5.91 Å². The van der Waals surface area contributed by atoms with Crippen LogP contribution >= 0.6 is 0 Å². The average molecular weight is 388 g/mol. The minimum atomic E-state index is -3.50. The second-order valence-corrected chi connectivity index (χ2v) is 8.78. The van der Waals surface area contributed by atoms with Crippen LogP contribution in [-0.2, 0) is 9.84 Å². The van der Waals surface area contributed by atoms with E-state index in [1.165, 1.54) is 19.2 Å². The summed E-state index contributed by atoms with van der Waals surface area (Å²) in [7, 11) is -0.0355. The Labute approximate surface area is 160 Å². The first-order chi connectivity index (χ1) is 12.8. The molecule has 0 aliphatic carbocycles. The molecule has 27 heavy (non-hydrogen) atoms. The number of rotatable bonds is 4. The lowest BCUT2D eigenvalue weighted by molar-refractivity contribution is 0.0546. The Morgan fingerprint density at radius 1 is 1.11 bits per heavy atom. The largest absolute Gasteiger partial charge is 0.495 e. The third-order valence-electron chi connectivity index (χ3n) is 4.93. The molecule has 1 heterocycles. The Bertz CT molecular complexity index is 928. The highest BCUT2D eigenvalue weighted by atomic mass is 32.2. The molecule has 0 saturated carbocycles. The molecule has 1 aliphatic rings. The fourth-order valence-corrected chi connectivity index (χ4v) is 4.23. The predicted molar refractivity (Wildman–Crippen MR) is 104 cm³/mol. The Kier molecular flexibility index (Phi) is 5.53. The molecule has 1 atom stereocenters. The first kappa shape index (κ1) is 19.4. The minimum absolute atomic E-state index is 0.0320. The molecule has 1 saturated heterocycles. The molecule has 0 spiro atoms. The summed E-state index contributed by atoms with van der Waals surface area (Å²) in [6.07, 6.45) is 1.11. The van der Waals surface area contributed by atoms with Gasteiger partial charge in [-0.25, -0.2) is 8.42 Å². The molecule has 0 bridgehead atoms. The van der Waals surface area contributed by atoms with Gasteiger partial charge in [-0.3, -0.25) is 9.69 Å². The Hall–Kier alpha value is -2.38. The molecule has 0 N–H and O–H groups in total. The number of piperazine rings is 1. The maximum Gasteiger partial charge on any atom is 0.254 e. The SMILES string of the molecule is COc1ccc(C(=O)N2CCN(C)C(c3ccccc3)C2)cc1S(C)(=O)=O. The Morgan fingerprint density at radius 3 is 2.44 bits per heavy atom. The van der Waals surface area contributed by atoms with Crippen LogP contribution in [0.1, 0.15) is 22.0 Å². The summed E-state index contributed by atoms with van der Waals surface area (Å²) in [6.45, 7) is 1.90. The van der Waals surface area contributed by atoms with Crippen LogP contribution < -0.4 is 4.74 Å². The number of hydrogen-bond acceptors (Lipinski definition) is 5. The van der Waals surface area contributed by atoms with Crippen molar-refractivity contribution in [2.45, 2.75) is 10.9 Å². The first-order valence-corrected chi connectivity index (χ1v) is 10.6. The lowest BCUT2D eigenvalue weighted by Gasteiger charge is -2.39. The number of likely N-dealkylation sites (N-methyl/N-ethyl adjacent to an activating group) is 1. The van der Waals surface area contributed by atoms with Crippen molar-refractivity contribution in [3.8, 4) is 5.75 Å². The van der Waals surface area contributed by atoms with E-state index in [9.17, 15) is 13.2 Å². The average Bonchev–Trinajstić information content (AvgIpc) is 2.67. The second-order valence-electron chi connectivity index (χ2n) is 6.80. The summed E-state index contributed by atoms with van der Waals surface area (Å²) in [6, 6.07) is 14.7. The number of amides is 1. The van der Waals surface area contributed by atoms with Gasteiger partial charge in [-0.15, -0.1) is 0 Å². The van der Waals surface area contributed by atoms with E-state index in [0.29, 0.717) is 18.7 Å². The van der Waals surface area contributed by atoms with E-state index in [-0.39, 0.29) is 22.6 Å². The highest BCUT2D eigenvalue weighted by molar-refractivity contribution is 7.90. The molecule has 2 aromatic carbocycles. The van der Waals surface area contributed by atoms with Gasteiger partial charge in [-0.1, -0.05) is 30.3 Å². The summed E-state index contributed by atoms with van der Waals surface area (Å²) in [5.74, 6) is 0.0752. The highest BCUT2D eigenvalue weighted by Gasteiger charge is 2.29. The van der Waals surface area contributed by atoms with Crippen molar-refractivity contribution < 1.29 is 17.9 Å². The molecule has 1 fully saturated rings. The molecule has 2 aromatic rings. The fraction of sp³-hybridized carbons (Fsp3) is 0.350. The maximum absolute atomic E-state index is 13.0. The third-order valence-corrected chi connectivity index (χ3v) is 6.05. The van der Waals surface area contributed by atoms with Gasteiger partial charge in [0, 0.05) is 31.5 Å². The minimum Gasteiger partial charge on any atom is -0.495 e. The lowest BCUT2D eigenvalue weighted by Crippen LogP contribution is -2.49. The summed E-state index contributed by atoms with van der Waals surface area (Å²) in [4.78, 5) is 17.1. The first-order valence-electron chi connectivity index (χ1n) is 8.74. The van der Waals surface area contributed by atoms with Crippen molar-refractivity contribution in [1.29, 1.82) is 0 Å². The third kappa shape index (κ3) is 4.14. The Balaban J connectivity index is 1.88. The molecular weight excluding hydrogens is 364 g/mol. The Morgan fingerprint density at radius 2 is 1.81 bits per heavy atom. The van der Waals surface area contributed by atoms with Gasteiger partial charge < -0.3 is 9.64 Å². The molecule has 6 nitrogen and oxygen atoms in total. The van der Waals surface area contributed by atoms with Gasteiger partial charge in [-0.2, -0.15) is 0 Å². The maximum atomic E-state index is 13.0. The van der Waals surface area contributed by atoms with Crippen LogP contribution in [0.25, 0.3) is 0 Å². The smallest absolute Gasteiger partial charge is 0.254 e. The van der Waals surface area contributed by atoms with E-state index in [0.717, 1.165) is 18.4 Å². The van der Waals surface area contributed by atoms with Gasteiger partial charge in [0.1, 0.15) is 10.6 Å². The zero-order valence-electron chi connectivity index (χ0n) is 15.8. The number of nitrogens with zero attached hydrogens (tertiary/aromatic N) is 2. The topological polar surface area (TPSA) is 66.9 Å². The molecule has 1 amide bonds. The van der Waals surface area contributed by atoms with E-state index in [1.54, 1.807) is 11.0 Å². The molecule has 144 valence electrons. The molecular formula is C20H24N2O4S. The van der Waals surface area contributed by atoms with Gasteiger partial charge >= 0.3 is 0 Å². The summed E-state index contributed by atoms with van der Waals surface area (Å²) in [5, 5.41) is 0. The zero-order valence-corrected chi connectivity index (χ0v) is 16.6. The van der Waals surface area contributed by atoms with Crippen molar-refractivity contribution >= 4 is 15.7 Å². The van der Waals surface area contributed by atoms with Crippen LogP contribution in [0.5, 0.6) is 5.75 Å². The van der Waals surface area contributed by atoms with Crippen molar-refractivity contribution in [1.82, 2.24) is 9.80 Å². The van der Waals surface area contributed by atoms with Crippen LogP contribution in [0.4, 0.5) is 0 Å². The van der Waals surface area contributed by atoms with E-state index in [1.807, 2.05) is 18.2 Å². The van der Waals surface area contributed by atoms with Crippen molar-refractivity contribution in [2.24, 2.45) is 0 Å². The van der Waals surface area contributed by atoms with Crippen LogP contribution in [0.15, 0.2) is 53.4 Å². The molecule has 3 rings (SSSR count). The second kappa shape index (κ2) is 7.70.